The summed E-state index contributed by atoms with van der Waals surface area (Å²) in [4.78, 5) is 4.94. The molecule has 0 spiro atoms. The van der Waals surface area contributed by atoms with Crippen molar-refractivity contribution in [3.8, 4) is 5.88 Å². The van der Waals surface area contributed by atoms with Gasteiger partial charge in [0, 0.05) is 12.8 Å². The summed E-state index contributed by atoms with van der Waals surface area (Å²) in [5.41, 5.74) is -1.08. The van der Waals surface area contributed by atoms with Gasteiger partial charge in [0.25, 0.3) is 0 Å². The van der Waals surface area contributed by atoms with Gasteiger partial charge in [0.15, 0.2) is 18.1 Å². The average Bonchev–Trinajstić information content (AvgIpc) is 2.92. The minimum atomic E-state index is -4.92. The van der Waals surface area contributed by atoms with Crippen LogP contribution in [0.5, 0.6) is 5.88 Å². The van der Waals surface area contributed by atoms with Crippen molar-refractivity contribution in [3.05, 3.63) is 22.1 Å². The van der Waals surface area contributed by atoms with Gasteiger partial charge in [-0.25, -0.2) is 9.07 Å². The zero-order chi connectivity index (χ0) is 19.9. The Bertz CT molecular complexity index is 710. The van der Waals surface area contributed by atoms with E-state index in [0.29, 0.717) is 16.4 Å². The molecule has 1 aliphatic rings. The molecule has 0 atom stereocenters. The third-order valence-corrected chi connectivity index (χ3v) is 4.20. The fourth-order valence-electron chi connectivity index (χ4n) is 2.02. The van der Waals surface area contributed by atoms with Crippen LogP contribution in [0.25, 0.3) is 0 Å². The van der Waals surface area contributed by atoms with Crippen molar-refractivity contribution in [2.24, 2.45) is 7.05 Å². The third-order valence-electron chi connectivity index (χ3n) is 3.22. The lowest BCUT2D eigenvalue weighted by molar-refractivity contribution is -0.154. The van der Waals surface area contributed by atoms with Crippen molar-refractivity contribution in [2.45, 2.75) is 37.6 Å². The van der Waals surface area contributed by atoms with Gasteiger partial charge in [-0.2, -0.15) is 31.4 Å². The highest BCUT2D eigenvalue weighted by Gasteiger charge is 2.41. The maximum Gasteiger partial charge on any atom is 0.435 e. The van der Waals surface area contributed by atoms with E-state index in [9.17, 15) is 30.7 Å². The molecule has 1 aromatic heterocycles. The molecule has 5 nitrogen and oxygen atoms in total. The quantitative estimate of drug-likeness (QED) is 0.744. The summed E-state index contributed by atoms with van der Waals surface area (Å²) in [6.45, 7) is 1.00. The Balaban J connectivity index is 2.31. The van der Waals surface area contributed by atoms with Gasteiger partial charge in [0.1, 0.15) is 10.6 Å². The predicted molar refractivity (Wildman–Crippen MR) is 77.5 cm³/mol. The van der Waals surface area contributed by atoms with Crippen molar-refractivity contribution in [1.82, 2.24) is 15.3 Å². The highest BCUT2D eigenvalue weighted by molar-refractivity contribution is 8.02. The van der Waals surface area contributed by atoms with Gasteiger partial charge in [0.2, 0.25) is 5.88 Å². The van der Waals surface area contributed by atoms with E-state index in [4.69, 9.17) is 4.84 Å². The van der Waals surface area contributed by atoms with E-state index in [0.717, 1.165) is 7.05 Å². The number of hydroxylamine groups is 1. The van der Waals surface area contributed by atoms with Gasteiger partial charge in [-0.3, -0.25) is 10.3 Å². The van der Waals surface area contributed by atoms with E-state index >= 15 is 0 Å². The molecule has 148 valence electrons. The predicted octanol–water partition coefficient (Wildman–Crippen LogP) is 4.07. The molecular formula is C13H14F7N3O2S. The van der Waals surface area contributed by atoms with Gasteiger partial charge in [-0.1, -0.05) is 11.8 Å². The Morgan fingerprint density at radius 1 is 1.23 bits per heavy atom. The maximum absolute atomic E-state index is 14.1. The maximum atomic E-state index is 14.1. The van der Waals surface area contributed by atoms with Crippen molar-refractivity contribution in [2.75, 3.05) is 6.61 Å². The highest BCUT2D eigenvalue weighted by Crippen LogP contribution is 2.41. The molecular weight excluding hydrogens is 395 g/mol. The molecule has 0 amide bonds. The fourth-order valence-corrected chi connectivity index (χ4v) is 3.04. The zero-order valence-corrected chi connectivity index (χ0v) is 14.5. The molecule has 1 aromatic rings. The van der Waals surface area contributed by atoms with Crippen LogP contribution in [0.3, 0.4) is 0 Å². The van der Waals surface area contributed by atoms with E-state index in [1.807, 2.05) is 0 Å². The number of nitrogens with zero attached hydrogens (tertiary/aromatic N) is 2. The fraction of sp³-hybridized carbons (Fsp3) is 0.615. The molecule has 0 radical (unpaired) electrons. The smallest absolute Gasteiger partial charge is 0.435 e. The molecule has 0 bridgehead atoms. The van der Waals surface area contributed by atoms with Crippen LogP contribution >= 0.6 is 11.8 Å². The van der Waals surface area contributed by atoms with Crippen LogP contribution in [0.15, 0.2) is 10.9 Å². The number of aryl methyl sites for hydroxylation is 1. The van der Waals surface area contributed by atoms with Gasteiger partial charge in [-0.05, 0) is 13.8 Å². The standard InChI is InChI=1S/C13H14F7N3O2S/c1-11(2)7(14)9(22-25-11)26-4-6-8(13(18,19)20)21-23(3)10(6)24-5-12(15,16)17/h22H,4-5H2,1-3H3. The first kappa shape index (κ1) is 20.7. The second-order valence-electron chi connectivity index (χ2n) is 5.80. The first-order valence-corrected chi connectivity index (χ1v) is 8.00. The van der Waals surface area contributed by atoms with Crippen LogP contribution in [0, 0.1) is 0 Å². The number of rotatable bonds is 5. The van der Waals surface area contributed by atoms with E-state index in [-0.39, 0.29) is 5.03 Å². The number of hydrogen-bond acceptors (Lipinski definition) is 5. The number of hydrogen-bond donors (Lipinski definition) is 1. The van der Waals surface area contributed by atoms with E-state index in [1.54, 1.807) is 0 Å². The number of thioether (sulfide) groups is 1. The molecule has 0 aliphatic carbocycles. The largest absolute Gasteiger partial charge is 0.468 e. The van der Waals surface area contributed by atoms with E-state index in [1.165, 1.54) is 13.8 Å². The Morgan fingerprint density at radius 2 is 1.85 bits per heavy atom. The molecule has 0 fully saturated rings. The molecule has 26 heavy (non-hydrogen) atoms. The van der Waals surface area contributed by atoms with Crippen LogP contribution in [0.1, 0.15) is 25.1 Å². The molecule has 13 heteroatoms. The van der Waals surface area contributed by atoms with Crippen LogP contribution in [-0.2, 0) is 23.8 Å². The lowest BCUT2D eigenvalue weighted by Crippen LogP contribution is -2.23. The first-order chi connectivity index (χ1) is 11.7. The summed E-state index contributed by atoms with van der Waals surface area (Å²) in [5.74, 6) is -1.97. The number of halogens is 7. The first-order valence-electron chi connectivity index (χ1n) is 7.02. The summed E-state index contributed by atoms with van der Waals surface area (Å²) in [6, 6.07) is 0. The second-order valence-corrected chi connectivity index (χ2v) is 6.79. The topological polar surface area (TPSA) is 48.3 Å². The number of aromatic nitrogens is 2. The van der Waals surface area contributed by atoms with Crippen molar-refractivity contribution in [3.63, 3.8) is 0 Å². The molecule has 2 heterocycles. The zero-order valence-electron chi connectivity index (χ0n) is 13.7. The van der Waals surface area contributed by atoms with Crippen LogP contribution < -0.4 is 10.2 Å². The van der Waals surface area contributed by atoms with Crippen LogP contribution in [0.4, 0.5) is 30.7 Å². The number of ether oxygens (including phenoxy) is 1. The molecule has 0 aromatic carbocycles. The van der Waals surface area contributed by atoms with E-state index in [2.05, 4.69) is 15.3 Å². The van der Waals surface area contributed by atoms with Gasteiger partial charge < -0.3 is 4.74 Å². The summed E-state index contributed by atoms with van der Waals surface area (Å²) in [6.07, 6.45) is -9.66. The summed E-state index contributed by atoms with van der Waals surface area (Å²) < 4.78 is 95.5. The minimum absolute atomic E-state index is 0.172. The monoisotopic (exact) mass is 409 g/mol. The van der Waals surface area contributed by atoms with E-state index < -0.39 is 53.3 Å². The Hall–Kier alpha value is -1.63. The Kier molecular flexibility index (Phi) is 5.43. The van der Waals surface area contributed by atoms with Crippen LogP contribution in [0.2, 0.25) is 0 Å². The van der Waals surface area contributed by atoms with Crippen LogP contribution in [-0.4, -0.2) is 28.2 Å². The number of nitrogens with one attached hydrogen (secondary N) is 1. The van der Waals surface area contributed by atoms with Crippen molar-refractivity contribution < 1.29 is 40.3 Å². The van der Waals surface area contributed by atoms with Gasteiger partial charge in [0.05, 0.1) is 5.56 Å². The number of alkyl halides is 6. The molecule has 0 unspecified atom stereocenters. The normalized spacial score (nSPS) is 17.6. The summed E-state index contributed by atoms with van der Waals surface area (Å²) in [7, 11) is 1.02. The molecule has 0 saturated carbocycles. The molecule has 2 rings (SSSR count). The summed E-state index contributed by atoms with van der Waals surface area (Å²) in [5, 5.41) is 3.03. The van der Waals surface area contributed by atoms with Crippen molar-refractivity contribution >= 4 is 11.8 Å². The SMILES string of the molecule is Cn1nc(C(F)(F)F)c(CSC2=C(F)C(C)(C)ON2)c1OCC(F)(F)F. The van der Waals surface area contributed by atoms with Crippen molar-refractivity contribution in [1.29, 1.82) is 0 Å². The second kappa shape index (κ2) is 6.83. The Labute approximate surface area is 147 Å². The molecule has 1 N–H and O–H groups in total. The lowest BCUT2D eigenvalue weighted by atomic mass is 10.1. The lowest BCUT2D eigenvalue weighted by Gasteiger charge is -2.12. The highest BCUT2D eigenvalue weighted by atomic mass is 32.2. The third kappa shape index (κ3) is 4.55. The molecule has 1 aliphatic heterocycles. The summed E-state index contributed by atoms with van der Waals surface area (Å²) >= 11 is 0.593. The Morgan fingerprint density at radius 3 is 2.31 bits per heavy atom. The average molecular weight is 409 g/mol. The van der Waals surface area contributed by atoms with Gasteiger partial charge in [-0.15, -0.1) is 0 Å². The minimum Gasteiger partial charge on any atom is -0.468 e. The molecule has 0 saturated heterocycles. The van der Waals surface area contributed by atoms with Gasteiger partial charge >= 0.3 is 12.4 Å².